The number of ketones is 1. The Bertz CT molecular complexity index is 1450. The molecule has 0 unspecified atom stereocenters. The summed E-state index contributed by atoms with van der Waals surface area (Å²) in [6.07, 6.45) is -4.83. The summed E-state index contributed by atoms with van der Waals surface area (Å²) in [4.78, 5) is 33.3. The van der Waals surface area contributed by atoms with Crippen LogP contribution in [-0.4, -0.2) is 33.0 Å². The molecule has 1 amide bonds. The van der Waals surface area contributed by atoms with Crippen molar-refractivity contribution in [3.8, 4) is 5.69 Å². The van der Waals surface area contributed by atoms with Gasteiger partial charge in [-0.2, -0.15) is 18.3 Å². The molecular formula is C27H23F3N4O2S. The van der Waals surface area contributed by atoms with Gasteiger partial charge in [-0.3, -0.25) is 14.5 Å². The monoisotopic (exact) mass is 524 g/mol. The van der Waals surface area contributed by atoms with Gasteiger partial charge in [-0.15, -0.1) is 11.3 Å². The van der Waals surface area contributed by atoms with E-state index in [0.717, 1.165) is 23.4 Å². The number of anilines is 1. The molecular weight excluding hydrogens is 501 g/mol. The molecule has 0 spiro atoms. The molecule has 0 fully saturated rings. The van der Waals surface area contributed by atoms with Gasteiger partial charge in [0.1, 0.15) is 5.82 Å². The summed E-state index contributed by atoms with van der Waals surface area (Å²) in [6, 6.07) is 13.8. The second-order valence-corrected chi connectivity index (χ2v) is 9.57. The molecule has 1 aliphatic rings. The number of aromatic nitrogens is 3. The summed E-state index contributed by atoms with van der Waals surface area (Å²) in [5, 5.41) is 6.59. The van der Waals surface area contributed by atoms with Crippen LogP contribution < -0.4 is 4.90 Å². The van der Waals surface area contributed by atoms with Crippen molar-refractivity contribution < 1.29 is 22.8 Å². The highest BCUT2D eigenvalue weighted by atomic mass is 32.1. The van der Waals surface area contributed by atoms with Crippen molar-refractivity contribution in [1.29, 1.82) is 0 Å². The van der Waals surface area contributed by atoms with Crippen molar-refractivity contribution >= 4 is 28.8 Å². The van der Waals surface area contributed by atoms with Crippen LogP contribution in [0.1, 0.15) is 52.1 Å². The number of benzene rings is 2. The predicted molar refractivity (Wildman–Crippen MR) is 134 cm³/mol. The first-order valence-electron chi connectivity index (χ1n) is 11.8. The molecule has 0 saturated heterocycles. The largest absolute Gasteiger partial charge is 0.416 e. The number of rotatable bonds is 6. The molecule has 2 atom stereocenters. The van der Waals surface area contributed by atoms with E-state index in [1.54, 1.807) is 15.1 Å². The van der Waals surface area contributed by atoms with Gasteiger partial charge in [0.05, 0.1) is 34.1 Å². The fraction of sp³-hybridized carbons (Fsp3) is 0.259. The lowest BCUT2D eigenvalue weighted by molar-refractivity contribution is -0.137. The lowest BCUT2D eigenvalue weighted by Crippen LogP contribution is -2.45. The maximum atomic E-state index is 13.9. The van der Waals surface area contributed by atoms with E-state index >= 15 is 0 Å². The third kappa shape index (κ3) is 4.46. The zero-order chi connectivity index (χ0) is 26.3. The number of carbonyl (C=O) groups is 2. The SMILES string of the molecule is CCN1C(=O)[C@@H](CC(=O)c2cccc(C(F)(F)F)c2)[C@@H](c2cscn2)c2c(C)nn(-c3ccccc3)c21. The van der Waals surface area contributed by atoms with Gasteiger partial charge in [-0.25, -0.2) is 9.67 Å². The van der Waals surface area contributed by atoms with Crippen LogP contribution in [-0.2, 0) is 11.0 Å². The number of halogens is 3. The van der Waals surface area contributed by atoms with Crippen molar-refractivity contribution in [2.45, 2.75) is 32.4 Å². The number of aryl methyl sites for hydroxylation is 1. The molecule has 6 nitrogen and oxygen atoms in total. The Hall–Kier alpha value is -3.79. The second kappa shape index (κ2) is 9.59. The van der Waals surface area contributed by atoms with Crippen molar-refractivity contribution in [3.05, 3.63) is 93.6 Å². The average Bonchev–Trinajstić information content (AvgIpc) is 3.53. The third-order valence-electron chi connectivity index (χ3n) is 6.64. The van der Waals surface area contributed by atoms with Crippen LogP contribution in [0.4, 0.5) is 19.0 Å². The lowest BCUT2D eigenvalue weighted by Gasteiger charge is -2.37. The minimum absolute atomic E-state index is 0.0785. The number of nitrogens with zero attached hydrogens (tertiary/aromatic N) is 4. The van der Waals surface area contributed by atoms with E-state index in [9.17, 15) is 22.8 Å². The Morgan fingerprint density at radius 1 is 1.11 bits per heavy atom. The smallest absolute Gasteiger partial charge is 0.296 e. The Balaban J connectivity index is 1.62. The fourth-order valence-corrected chi connectivity index (χ4v) is 5.57. The molecule has 0 bridgehead atoms. The number of Topliss-reactive ketones (excluding diaryl/α,β-unsaturated/α-hetero) is 1. The van der Waals surface area contributed by atoms with Crippen LogP contribution in [0.3, 0.4) is 0 Å². The number of carbonyl (C=O) groups excluding carboxylic acids is 2. The first-order valence-corrected chi connectivity index (χ1v) is 12.7. The minimum atomic E-state index is -4.57. The molecule has 0 N–H and O–H groups in total. The van der Waals surface area contributed by atoms with Gasteiger partial charge < -0.3 is 0 Å². The summed E-state index contributed by atoms with van der Waals surface area (Å²) in [6.45, 7) is 4.03. The molecule has 4 aromatic rings. The molecule has 0 saturated carbocycles. The quantitative estimate of drug-likeness (QED) is 0.288. The highest BCUT2D eigenvalue weighted by Crippen LogP contribution is 2.47. The molecule has 1 aliphatic heterocycles. The van der Waals surface area contributed by atoms with Crippen molar-refractivity contribution in [1.82, 2.24) is 14.8 Å². The number of fused-ring (bicyclic) bond motifs is 1. The Kier molecular flexibility index (Phi) is 6.45. The molecule has 37 heavy (non-hydrogen) atoms. The van der Waals surface area contributed by atoms with E-state index in [-0.39, 0.29) is 17.9 Å². The first-order chi connectivity index (χ1) is 17.7. The van der Waals surface area contributed by atoms with E-state index in [1.165, 1.54) is 23.5 Å². The van der Waals surface area contributed by atoms with E-state index < -0.39 is 29.4 Å². The van der Waals surface area contributed by atoms with Crippen LogP contribution in [0.15, 0.2) is 65.5 Å². The van der Waals surface area contributed by atoms with Gasteiger partial charge in [-0.1, -0.05) is 30.3 Å². The summed E-state index contributed by atoms with van der Waals surface area (Å²) in [5.74, 6) is -1.60. The molecule has 10 heteroatoms. The molecule has 2 aromatic carbocycles. The van der Waals surface area contributed by atoms with Crippen molar-refractivity contribution in [3.63, 3.8) is 0 Å². The maximum absolute atomic E-state index is 13.9. The van der Waals surface area contributed by atoms with Crippen LogP contribution in [0.2, 0.25) is 0 Å². The van der Waals surface area contributed by atoms with Crippen LogP contribution in [0, 0.1) is 12.8 Å². The number of hydrogen-bond donors (Lipinski definition) is 0. The third-order valence-corrected chi connectivity index (χ3v) is 7.24. The lowest BCUT2D eigenvalue weighted by atomic mass is 9.76. The zero-order valence-electron chi connectivity index (χ0n) is 20.1. The zero-order valence-corrected chi connectivity index (χ0v) is 20.9. The number of alkyl halides is 3. The van der Waals surface area contributed by atoms with Gasteiger partial charge in [0.15, 0.2) is 5.78 Å². The highest BCUT2D eigenvalue weighted by molar-refractivity contribution is 7.07. The first kappa shape index (κ1) is 24.9. The maximum Gasteiger partial charge on any atom is 0.416 e. The number of thiazole rings is 1. The van der Waals surface area contributed by atoms with Gasteiger partial charge in [0.2, 0.25) is 5.91 Å². The second-order valence-electron chi connectivity index (χ2n) is 8.86. The van der Waals surface area contributed by atoms with Gasteiger partial charge >= 0.3 is 6.18 Å². The van der Waals surface area contributed by atoms with Crippen molar-refractivity contribution in [2.24, 2.45) is 5.92 Å². The minimum Gasteiger partial charge on any atom is -0.296 e. The summed E-state index contributed by atoms with van der Waals surface area (Å²) >= 11 is 1.37. The number of hydrogen-bond acceptors (Lipinski definition) is 5. The molecule has 0 radical (unpaired) electrons. The molecule has 190 valence electrons. The molecule has 5 rings (SSSR count). The van der Waals surface area contributed by atoms with E-state index in [2.05, 4.69) is 4.98 Å². The van der Waals surface area contributed by atoms with Gasteiger partial charge in [0, 0.05) is 35.4 Å². The van der Waals surface area contributed by atoms with Gasteiger partial charge in [0.25, 0.3) is 0 Å². The van der Waals surface area contributed by atoms with Crippen LogP contribution in [0.25, 0.3) is 5.69 Å². The van der Waals surface area contributed by atoms with E-state index in [4.69, 9.17) is 5.10 Å². The summed E-state index contributed by atoms with van der Waals surface area (Å²) in [7, 11) is 0. The molecule has 0 aliphatic carbocycles. The van der Waals surface area contributed by atoms with Gasteiger partial charge in [-0.05, 0) is 38.1 Å². The van der Waals surface area contributed by atoms with Crippen LogP contribution in [0.5, 0.6) is 0 Å². The molecule has 2 aromatic heterocycles. The predicted octanol–water partition coefficient (Wildman–Crippen LogP) is 6.04. The van der Waals surface area contributed by atoms with E-state index in [0.29, 0.717) is 23.8 Å². The normalized spacial score (nSPS) is 17.6. The fourth-order valence-electron chi connectivity index (χ4n) is 4.98. The summed E-state index contributed by atoms with van der Waals surface area (Å²) < 4.78 is 41.5. The van der Waals surface area contributed by atoms with Crippen LogP contribution >= 0.6 is 11.3 Å². The number of amides is 1. The van der Waals surface area contributed by atoms with Crippen molar-refractivity contribution in [2.75, 3.05) is 11.4 Å². The standard InChI is InChI=1S/C27H23F3N4O2S/c1-3-33-25-23(16(2)32-34(25)19-10-5-4-6-11-19)24(21-14-37-15-31-21)20(26(33)36)13-22(35)17-8-7-9-18(12-17)27(28,29)30/h4-12,14-15,20,24H,3,13H2,1-2H3/t20-,24-/m0/s1. The topological polar surface area (TPSA) is 68.1 Å². The average molecular weight is 525 g/mol. The Labute approximate surface area is 215 Å². The number of para-hydroxylation sites is 1. The Morgan fingerprint density at radius 3 is 2.51 bits per heavy atom. The molecule has 3 heterocycles. The Morgan fingerprint density at radius 2 is 1.86 bits per heavy atom. The van der Waals surface area contributed by atoms with E-state index in [1.807, 2.05) is 49.6 Å². The highest BCUT2D eigenvalue weighted by Gasteiger charge is 2.46. The summed E-state index contributed by atoms with van der Waals surface area (Å²) in [5.41, 5.74) is 3.58.